The second-order valence-electron chi connectivity index (χ2n) is 16.4. The summed E-state index contributed by atoms with van der Waals surface area (Å²) >= 11 is 0. The molecule has 0 spiro atoms. The smallest absolute Gasteiger partial charge is 0.408 e. The number of rotatable bonds is 18. The Balaban J connectivity index is 1.47. The van der Waals surface area contributed by atoms with E-state index in [0.29, 0.717) is 37.0 Å². The number of alkyl carbamates (subject to hydrolysis) is 1. The minimum absolute atomic E-state index is 0.0148. The van der Waals surface area contributed by atoms with Gasteiger partial charge < -0.3 is 29.7 Å². The van der Waals surface area contributed by atoms with Crippen LogP contribution in [-0.2, 0) is 29.1 Å². The van der Waals surface area contributed by atoms with Crippen molar-refractivity contribution >= 4 is 44.6 Å². The molecule has 1 aromatic carbocycles. The lowest BCUT2D eigenvalue weighted by Gasteiger charge is -2.33. The molecular weight excluding hydrogens is 739 g/mol. The maximum absolute atomic E-state index is 14.8. The number of amides is 4. The topological polar surface area (TPSA) is 182 Å². The molecule has 3 N–H and O–H groups in total. The lowest BCUT2D eigenvalue weighted by atomic mass is 9.88. The summed E-state index contributed by atoms with van der Waals surface area (Å²) in [5.74, 6) is -1.90. The minimum atomic E-state index is -3.91. The highest BCUT2D eigenvalue weighted by Crippen LogP contribution is 2.45. The molecule has 2 saturated carbocycles. The highest BCUT2D eigenvalue weighted by Gasteiger charge is 2.62. The summed E-state index contributed by atoms with van der Waals surface area (Å²) < 4.78 is 45.5. The number of nitrogens with zero attached hydrogens (tertiary/aromatic N) is 2. The predicted octanol–water partition coefficient (Wildman–Crippen LogP) is 5.17. The SMILES string of the molecule is C=CCCC(C)C[C@@H](C)C(NC(=O)OC(C)(C)C)C(=O)N1C[C@H](Oc2ncc(OCC)c3ccccc23)C[C@@H]1C(=O)N[C@]1(C(=O)NS(=O)(=O)C2CC2)C[C@@H]1C=C. The van der Waals surface area contributed by atoms with Gasteiger partial charge in [0, 0.05) is 23.1 Å². The van der Waals surface area contributed by atoms with Crippen molar-refractivity contribution in [2.75, 3.05) is 13.2 Å². The quantitative estimate of drug-likeness (QED) is 0.170. The van der Waals surface area contributed by atoms with Crippen molar-refractivity contribution in [3.8, 4) is 11.6 Å². The van der Waals surface area contributed by atoms with Gasteiger partial charge in [-0.25, -0.2) is 18.2 Å². The number of carbonyl (C=O) groups is 4. The van der Waals surface area contributed by atoms with Crippen LogP contribution in [0.4, 0.5) is 4.79 Å². The maximum Gasteiger partial charge on any atom is 0.408 e. The molecule has 7 atom stereocenters. The first kappa shape index (κ1) is 42.5. The van der Waals surface area contributed by atoms with E-state index in [4.69, 9.17) is 14.2 Å². The van der Waals surface area contributed by atoms with Gasteiger partial charge in [-0.1, -0.05) is 44.2 Å². The predicted molar refractivity (Wildman–Crippen MR) is 212 cm³/mol. The van der Waals surface area contributed by atoms with E-state index in [0.717, 1.165) is 18.2 Å². The van der Waals surface area contributed by atoms with Gasteiger partial charge in [0.15, 0.2) is 0 Å². The molecule has 3 fully saturated rings. The Hall–Kier alpha value is -4.66. The fraction of sp³-hybridized carbons (Fsp3) is 0.585. The zero-order valence-corrected chi connectivity index (χ0v) is 34.2. The molecule has 14 nitrogen and oxygen atoms in total. The van der Waals surface area contributed by atoms with E-state index in [1.807, 2.05) is 44.2 Å². The van der Waals surface area contributed by atoms with E-state index in [-0.39, 0.29) is 37.1 Å². The molecule has 2 unspecified atom stereocenters. The number of benzene rings is 1. The van der Waals surface area contributed by atoms with Crippen LogP contribution in [0.25, 0.3) is 10.8 Å². The normalized spacial score (nSPS) is 23.6. The van der Waals surface area contributed by atoms with Crippen LogP contribution >= 0.6 is 0 Å². The van der Waals surface area contributed by atoms with E-state index in [1.54, 1.807) is 27.0 Å². The molecule has 0 bridgehead atoms. The third-order valence-corrected chi connectivity index (χ3v) is 12.4. The Kier molecular flexibility index (Phi) is 13.1. The van der Waals surface area contributed by atoms with Gasteiger partial charge >= 0.3 is 6.09 Å². The number of hydrogen-bond acceptors (Lipinski definition) is 10. The molecule has 2 aromatic rings. The Morgan fingerprint density at radius 2 is 1.80 bits per heavy atom. The molecule has 3 aliphatic rings. The molecule has 2 aliphatic carbocycles. The highest BCUT2D eigenvalue weighted by molar-refractivity contribution is 7.91. The largest absolute Gasteiger partial charge is 0.492 e. The molecule has 306 valence electrons. The van der Waals surface area contributed by atoms with Gasteiger partial charge in [0.25, 0.3) is 5.91 Å². The first-order chi connectivity index (χ1) is 26.4. The lowest BCUT2D eigenvalue weighted by molar-refractivity contribution is -0.142. The van der Waals surface area contributed by atoms with Crippen molar-refractivity contribution in [1.29, 1.82) is 0 Å². The standard InChI is InChI=1S/C41H57N5O9S/c1-9-12-15-25(4)20-26(5)34(43-39(50)55-40(6,7)8)37(48)46-24-28(54-36-31-17-14-13-16-30(31)33(23-42-36)53-11-3)21-32(46)35(47)44-41(22-27(41)10-2)38(49)45-56(51,52)29-18-19-29/h9-10,13-14,16-17,23,25-29,32,34H,1-2,11-12,15,18-22,24H2,3-8H3,(H,43,50)(H,44,47)(H,45,49)/t25?,26-,27+,28-,32-,34?,41-/m1/s1. The number of allylic oxidation sites excluding steroid dienone is 1. The Morgan fingerprint density at radius 3 is 2.41 bits per heavy atom. The fourth-order valence-electron chi connectivity index (χ4n) is 7.41. The van der Waals surface area contributed by atoms with Gasteiger partial charge in [0.2, 0.25) is 27.7 Å². The number of fused-ring (bicyclic) bond motifs is 1. The number of hydrogen-bond donors (Lipinski definition) is 3. The van der Waals surface area contributed by atoms with Crippen LogP contribution in [0.2, 0.25) is 0 Å². The molecule has 1 saturated heterocycles. The first-order valence-electron chi connectivity index (χ1n) is 19.5. The summed E-state index contributed by atoms with van der Waals surface area (Å²) in [6, 6.07) is 5.21. The highest BCUT2D eigenvalue weighted by atomic mass is 32.2. The summed E-state index contributed by atoms with van der Waals surface area (Å²) in [6.45, 7) is 19.0. The second-order valence-corrected chi connectivity index (χ2v) is 18.3. The Bertz CT molecular complexity index is 1930. The van der Waals surface area contributed by atoms with Crippen LogP contribution < -0.4 is 24.8 Å². The van der Waals surface area contributed by atoms with Crippen molar-refractivity contribution in [2.24, 2.45) is 17.8 Å². The van der Waals surface area contributed by atoms with Crippen molar-refractivity contribution in [2.45, 2.75) is 121 Å². The number of sulfonamides is 1. The molecule has 4 amide bonds. The first-order valence-corrected chi connectivity index (χ1v) is 21.1. The van der Waals surface area contributed by atoms with Gasteiger partial charge in [0.1, 0.15) is 35.1 Å². The van der Waals surface area contributed by atoms with Crippen LogP contribution in [0.3, 0.4) is 0 Å². The number of carbonyl (C=O) groups excluding carboxylic acids is 4. The van der Waals surface area contributed by atoms with Gasteiger partial charge in [-0.2, -0.15) is 0 Å². The minimum Gasteiger partial charge on any atom is -0.492 e. The van der Waals surface area contributed by atoms with Crippen LogP contribution in [0.15, 0.2) is 55.8 Å². The zero-order chi connectivity index (χ0) is 41.0. The number of aromatic nitrogens is 1. The molecule has 1 aliphatic heterocycles. The molecule has 5 rings (SSSR count). The fourth-order valence-corrected chi connectivity index (χ4v) is 8.77. The monoisotopic (exact) mass is 795 g/mol. The summed E-state index contributed by atoms with van der Waals surface area (Å²) in [5, 5.41) is 6.42. The molecular formula is C41H57N5O9S. The van der Waals surface area contributed by atoms with Gasteiger partial charge in [-0.05, 0) is 84.1 Å². The van der Waals surface area contributed by atoms with E-state index >= 15 is 0 Å². The van der Waals surface area contributed by atoms with Crippen LogP contribution in [0.5, 0.6) is 11.6 Å². The number of pyridine rings is 1. The van der Waals surface area contributed by atoms with Crippen LogP contribution in [0.1, 0.15) is 86.5 Å². The summed E-state index contributed by atoms with van der Waals surface area (Å²) in [7, 11) is -3.91. The van der Waals surface area contributed by atoms with E-state index in [1.165, 1.54) is 11.0 Å². The van der Waals surface area contributed by atoms with Crippen molar-refractivity contribution < 1.29 is 41.8 Å². The van der Waals surface area contributed by atoms with Gasteiger partial charge in [0.05, 0.1) is 24.6 Å². The third-order valence-electron chi connectivity index (χ3n) is 10.5. The molecule has 1 aromatic heterocycles. The van der Waals surface area contributed by atoms with Crippen molar-refractivity contribution in [3.05, 3.63) is 55.8 Å². The number of ether oxygens (including phenoxy) is 3. The summed E-state index contributed by atoms with van der Waals surface area (Å²) in [6.07, 6.45) is 6.66. The summed E-state index contributed by atoms with van der Waals surface area (Å²) in [4.78, 5) is 62.0. The van der Waals surface area contributed by atoms with Crippen molar-refractivity contribution in [3.63, 3.8) is 0 Å². The number of nitrogens with one attached hydrogen (secondary N) is 3. The Labute approximate surface area is 330 Å². The summed E-state index contributed by atoms with van der Waals surface area (Å²) in [5.41, 5.74) is -2.40. The van der Waals surface area contributed by atoms with E-state index in [9.17, 15) is 27.6 Å². The van der Waals surface area contributed by atoms with Crippen molar-refractivity contribution in [1.82, 2.24) is 25.2 Å². The van der Waals surface area contributed by atoms with Gasteiger partial charge in [-0.15, -0.1) is 13.2 Å². The second kappa shape index (κ2) is 17.2. The number of likely N-dealkylation sites (tertiary alicyclic amines) is 1. The average Bonchev–Trinajstić information content (AvgIpc) is 4.06. The Morgan fingerprint density at radius 1 is 1.11 bits per heavy atom. The molecule has 2 heterocycles. The van der Waals surface area contributed by atoms with E-state index < -0.39 is 74.3 Å². The average molecular weight is 796 g/mol. The maximum atomic E-state index is 14.8. The van der Waals surface area contributed by atoms with Crippen LogP contribution in [0, 0.1) is 17.8 Å². The zero-order valence-electron chi connectivity index (χ0n) is 33.3. The van der Waals surface area contributed by atoms with Crippen LogP contribution in [-0.4, -0.2) is 89.8 Å². The third kappa shape index (κ3) is 10.0. The van der Waals surface area contributed by atoms with E-state index in [2.05, 4.69) is 40.4 Å². The molecule has 15 heteroatoms. The molecule has 56 heavy (non-hydrogen) atoms. The molecule has 0 radical (unpaired) electrons. The lowest BCUT2D eigenvalue weighted by Crippen LogP contribution is -2.59. The van der Waals surface area contributed by atoms with Gasteiger partial charge in [-0.3, -0.25) is 19.1 Å².